The largest absolute Gasteiger partial charge is 0.384 e. The van der Waals surface area contributed by atoms with E-state index in [1.54, 1.807) is 24.1 Å². The number of nitrogens with one attached hydrogen (secondary N) is 3. The summed E-state index contributed by atoms with van der Waals surface area (Å²) in [6.07, 6.45) is 2.86. The Morgan fingerprint density at radius 1 is 1.31 bits per heavy atom. The first-order chi connectivity index (χ1) is 12.6. The lowest BCUT2D eigenvalue weighted by Crippen LogP contribution is -2.47. The van der Waals surface area contributed by atoms with Crippen LogP contribution in [0.2, 0.25) is 0 Å². The van der Waals surface area contributed by atoms with Crippen LogP contribution in [0.1, 0.15) is 29.6 Å². The summed E-state index contributed by atoms with van der Waals surface area (Å²) in [5.41, 5.74) is 1.31. The molecule has 3 amide bonds. The Morgan fingerprint density at radius 2 is 2.12 bits per heavy atom. The van der Waals surface area contributed by atoms with E-state index in [2.05, 4.69) is 16.0 Å². The minimum atomic E-state index is -0.113. The fourth-order valence-electron chi connectivity index (χ4n) is 3.70. The normalized spacial score (nSPS) is 19.7. The number of rotatable bonds is 6. The van der Waals surface area contributed by atoms with E-state index >= 15 is 0 Å². The fraction of sp³-hybridized carbons (Fsp3) is 0.579. The van der Waals surface area contributed by atoms with Crippen LogP contribution < -0.4 is 20.9 Å². The Labute approximate surface area is 154 Å². The molecule has 0 aromatic heterocycles. The zero-order valence-electron chi connectivity index (χ0n) is 15.3. The number of carbonyl (C=O) groups excluding carboxylic acids is 2. The van der Waals surface area contributed by atoms with Gasteiger partial charge >= 0.3 is 6.03 Å². The highest BCUT2D eigenvalue weighted by Gasteiger charge is 2.32. The van der Waals surface area contributed by atoms with Gasteiger partial charge in [0.2, 0.25) is 0 Å². The topological polar surface area (TPSA) is 82.7 Å². The molecule has 2 fully saturated rings. The van der Waals surface area contributed by atoms with E-state index in [9.17, 15) is 9.59 Å². The van der Waals surface area contributed by atoms with Crippen molar-refractivity contribution in [3.05, 3.63) is 29.8 Å². The van der Waals surface area contributed by atoms with Gasteiger partial charge in [0.25, 0.3) is 5.91 Å². The summed E-state index contributed by atoms with van der Waals surface area (Å²) in [6.45, 7) is 4.49. The molecule has 3 rings (SSSR count). The number of urea groups is 1. The van der Waals surface area contributed by atoms with Gasteiger partial charge in [-0.1, -0.05) is 6.07 Å². The summed E-state index contributed by atoms with van der Waals surface area (Å²) in [6, 6.07) is 7.14. The molecule has 0 saturated carbocycles. The van der Waals surface area contributed by atoms with Crippen LogP contribution in [0.3, 0.4) is 0 Å². The van der Waals surface area contributed by atoms with Crippen LogP contribution in [0.15, 0.2) is 24.3 Å². The molecule has 26 heavy (non-hydrogen) atoms. The number of hydrogen-bond donors (Lipinski definition) is 3. The average Bonchev–Trinajstić information content (AvgIpc) is 2.68. The van der Waals surface area contributed by atoms with Gasteiger partial charge in [-0.3, -0.25) is 9.69 Å². The van der Waals surface area contributed by atoms with Gasteiger partial charge in [0.05, 0.1) is 6.61 Å². The van der Waals surface area contributed by atoms with Gasteiger partial charge in [-0.15, -0.1) is 0 Å². The number of amides is 3. The Kier molecular flexibility index (Phi) is 6.11. The average molecular weight is 360 g/mol. The SMILES string of the molecule is COCC1(CNC(=O)c2cccc(N3CCCNC3=O)c2)CCNCC1. The Morgan fingerprint density at radius 3 is 2.85 bits per heavy atom. The number of nitrogens with zero attached hydrogens (tertiary/aromatic N) is 1. The van der Waals surface area contributed by atoms with Crippen LogP contribution in [-0.4, -0.2) is 58.4 Å². The van der Waals surface area contributed by atoms with E-state index in [0.717, 1.165) is 38.0 Å². The number of carbonyl (C=O) groups is 2. The summed E-state index contributed by atoms with van der Waals surface area (Å²) in [5, 5.41) is 9.26. The molecule has 7 heteroatoms. The molecule has 1 aromatic carbocycles. The van der Waals surface area contributed by atoms with Crippen LogP contribution in [0.4, 0.5) is 10.5 Å². The maximum Gasteiger partial charge on any atom is 0.321 e. The highest BCUT2D eigenvalue weighted by atomic mass is 16.5. The molecule has 0 atom stereocenters. The van der Waals surface area contributed by atoms with Crippen molar-refractivity contribution in [3.8, 4) is 0 Å². The standard InChI is InChI=1S/C19H28N4O3/c1-26-14-19(6-9-20-10-7-19)13-22-17(24)15-4-2-5-16(12-15)23-11-3-8-21-18(23)25/h2,4-5,12,20H,3,6-11,13-14H2,1H3,(H,21,25)(H,22,24). The van der Waals surface area contributed by atoms with Crippen molar-refractivity contribution in [2.75, 3.05) is 51.3 Å². The van der Waals surface area contributed by atoms with Crippen molar-refractivity contribution in [2.24, 2.45) is 5.41 Å². The highest BCUT2D eigenvalue weighted by molar-refractivity contribution is 5.97. The summed E-state index contributed by atoms with van der Waals surface area (Å²) in [5.74, 6) is -0.113. The number of piperidine rings is 1. The van der Waals surface area contributed by atoms with Crippen molar-refractivity contribution in [1.29, 1.82) is 0 Å². The maximum atomic E-state index is 12.7. The smallest absolute Gasteiger partial charge is 0.321 e. The van der Waals surface area contributed by atoms with E-state index in [0.29, 0.717) is 31.8 Å². The van der Waals surface area contributed by atoms with Crippen LogP contribution in [0.5, 0.6) is 0 Å². The lowest BCUT2D eigenvalue weighted by Gasteiger charge is -2.37. The summed E-state index contributed by atoms with van der Waals surface area (Å²) in [4.78, 5) is 26.4. The van der Waals surface area contributed by atoms with Crippen LogP contribution in [0.25, 0.3) is 0 Å². The van der Waals surface area contributed by atoms with Crippen molar-refractivity contribution in [1.82, 2.24) is 16.0 Å². The second kappa shape index (κ2) is 8.51. The second-order valence-corrected chi connectivity index (χ2v) is 7.15. The number of anilines is 1. The lowest BCUT2D eigenvalue weighted by molar-refractivity contribution is 0.0512. The van der Waals surface area contributed by atoms with Gasteiger partial charge in [-0.25, -0.2) is 4.79 Å². The van der Waals surface area contributed by atoms with Crippen molar-refractivity contribution < 1.29 is 14.3 Å². The summed E-state index contributed by atoms with van der Waals surface area (Å²) >= 11 is 0. The monoisotopic (exact) mass is 360 g/mol. The molecule has 1 aromatic rings. The molecule has 2 heterocycles. The quantitative estimate of drug-likeness (QED) is 0.715. The Balaban J connectivity index is 1.66. The predicted molar refractivity (Wildman–Crippen MR) is 101 cm³/mol. The molecule has 2 aliphatic rings. The molecule has 0 radical (unpaired) electrons. The van der Waals surface area contributed by atoms with Gasteiger partial charge in [0.15, 0.2) is 0 Å². The summed E-state index contributed by atoms with van der Waals surface area (Å²) in [7, 11) is 1.71. The van der Waals surface area contributed by atoms with Gasteiger partial charge in [-0.2, -0.15) is 0 Å². The third-order valence-corrected chi connectivity index (χ3v) is 5.24. The molecule has 0 unspecified atom stereocenters. The molecule has 2 saturated heterocycles. The Bertz CT molecular complexity index is 638. The fourth-order valence-corrected chi connectivity index (χ4v) is 3.70. The molecule has 3 N–H and O–H groups in total. The van der Waals surface area contributed by atoms with Crippen molar-refractivity contribution in [3.63, 3.8) is 0 Å². The van der Waals surface area contributed by atoms with Gasteiger partial charge in [0, 0.05) is 43.4 Å². The molecular weight excluding hydrogens is 332 g/mol. The van der Waals surface area contributed by atoms with E-state index < -0.39 is 0 Å². The first kappa shape index (κ1) is 18.7. The van der Waals surface area contributed by atoms with Gasteiger partial charge in [-0.05, 0) is 50.6 Å². The summed E-state index contributed by atoms with van der Waals surface area (Å²) < 4.78 is 5.40. The highest BCUT2D eigenvalue weighted by Crippen LogP contribution is 2.28. The van der Waals surface area contributed by atoms with Crippen molar-refractivity contribution in [2.45, 2.75) is 19.3 Å². The first-order valence-electron chi connectivity index (χ1n) is 9.27. The number of ether oxygens (including phenoxy) is 1. The van der Waals surface area contributed by atoms with E-state index in [1.165, 1.54) is 0 Å². The molecule has 0 spiro atoms. The molecule has 0 bridgehead atoms. The zero-order chi connectivity index (χ0) is 18.4. The maximum absolute atomic E-state index is 12.7. The second-order valence-electron chi connectivity index (χ2n) is 7.15. The zero-order valence-corrected chi connectivity index (χ0v) is 15.3. The van der Waals surface area contributed by atoms with Crippen LogP contribution >= 0.6 is 0 Å². The lowest BCUT2D eigenvalue weighted by atomic mass is 9.79. The first-order valence-corrected chi connectivity index (χ1v) is 9.27. The Hall–Kier alpha value is -2.12. The van der Waals surface area contributed by atoms with E-state index in [4.69, 9.17) is 4.74 Å². The molecular formula is C19H28N4O3. The minimum absolute atomic E-state index is 0.0139. The molecule has 0 aliphatic carbocycles. The third-order valence-electron chi connectivity index (χ3n) is 5.24. The van der Waals surface area contributed by atoms with Crippen LogP contribution in [-0.2, 0) is 4.74 Å². The van der Waals surface area contributed by atoms with Crippen molar-refractivity contribution >= 4 is 17.6 Å². The molecule has 142 valence electrons. The van der Waals surface area contributed by atoms with E-state index in [1.807, 2.05) is 12.1 Å². The molecule has 7 nitrogen and oxygen atoms in total. The predicted octanol–water partition coefficient (Wildman–Crippen LogP) is 1.35. The van der Waals surface area contributed by atoms with Gasteiger partial charge < -0.3 is 20.7 Å². The molecule has 2 aliphatic heterocycles. The van der Waals surface area contributed by atoms with E-state index in [-0.39, 0.29) is 17.4 Å². The third kappa shape index (κ3) is 4.34. The number of methoxy groups -OCH3 is 1. The van der Waals surface area contributed by atoms with Crippen LogP contribution in [0, 0.1) is 5.41 Å². The minimum Gasteiger partial charge on any atom is -0.384 e. The number of hydrogen-bond acceptors (Lipinski definition) is 4. The number of benzene rings is 1. The van der Waals surface area contributed by atoms with Gasteiger partial charge in [0.1, 0.15) is 0 Å².